The van der Waals surface area contributed by atoms with Crippen LogP contribution in [0.5, 0.6) is 0 Å². The highest BCUT2D eigenvalue weighted by molar-refractivity contribution is 7.90. The topological polar surface area (TPSA) is 155 Å². The van der Waals surface area contributed by atoms with Gasteiger partial charge in [-0.15, -0.1) is 4.40 Å². The van der Waals surface area contributed by atoms with Crippen molar-refractivity contribution < 1.29 is 17.6 Å². The Balaban J connectivity index is 1.37. The molecule has 2 aromatic carbocycles. The van der Waals surface area contributed by atoms with Crippen molar-refractivity contribution in [1.29, 1.82) is 0 Å². The first kappa shape index (κ1) is 20.6. The Morgan fingerprint density at radius 2 is 2.00 bits per heavy atom. The normalized spacial score (nSPS) is 15.1. The zero-order valence-electron chi connectivity index (χ0n) is 17.0. The zero-order chi connectivity index (χ0) is 22.8. The number of amides is 1. The van der Waals surface area contributed by atoms with E-state index in [4.69, 9.17) is 4.42 Å². The van der Waals surface area contributed by atoms with E-state index in [-0.39, 0.29) is 28.9 Å². The number of oxazole rings is 1. The van der Waals surface area contributed by atoms with Crippen molar-refractivity contribution in [3.8, 4) is 11.3 Å². The number of fused-ring (bicyclic) bond motifs is 1. The van der Waals surface area contributed by atoms with Crippen molar-refractivity contribution in [3.05, 3.63) is 78.6 Å². The molecule has 0 bridgehead atoms. The largest absolute Gasteiger partial charge is 0.448 e. The molecule has 4 aromatic rings. The molecular formula is C21H17N7O4S. The second kappa shape index (κ2) is 8.31. The highest BCUT2D eigenvalue weighted by Crippen LogP contribution is 2.31. The van der Waals surface area contributed by atoms with Crippen LogP contribution in [0.25, 0.3) is 11.3 Å². The molecule has 12 heteroatoms. The van der Waals surface area contributed by atoms with Gasteiger partial charge in [-0.3, -0.25) is 4.79 Å². The molecule has 1 aliphatic heterocycles. The number of sulfonamides is 1. The second-order valence-corrected chi connectivity index (χ2v) is 8.72. The molecule has 33 heavy (non-hydrogen) atoms. The molecule has 1 unspecified atom stereocenters. The first-order chi connectivity index (χ1) is 16.0. The van der Waals surface area contributed by atoms with Gasteiger partial charge >= 0.3 is 0 Å². The lowest BCUT2D eigenvalue weighted by molar-refractivity contribution is -0.114. The minimum absolute atomic E-state index is 0.0542. The van der Waals surface area contributed by atoms with Gasteiger partial charge in [-0.25, -0.2) is 4.98 Å². The number of hydrogen-bond acceptors (Lipinski definition) is 8. The number of hydrogen-bond donors (Lipinski definition) is 3. The smallest absolute Gasteiger partial charge is 0.287 e. The Bertz CT molecular complexity index is 1420. The fourth-order valence-corrected chi connectivity index (χ4v) is 4.62. The highest BCUT2D eigenvalue weighted by atomic mass is 32.2. The van der Waals surface area contributed by atoms with E-state index in [1.807, 2.05) is 30.3 Å². The summed E-state index contributed by atoms with van der Waals surface area (Å²) >= 11 is 0. The van der Waals surface area contributed by atoms with E-state index in [1.165, 1.54) is 24.7 Å². The Morgan fingerprint density at radius 3 is 2.73 bits per heavy atom. The van der Waals surface area contributed by atoms with Crippen LogP contribution in [0.2, 0.25) is 0 Å². The quantitative estimate of drug-likeness (QED) is 0.392. The van der Waals surface area contributed by atoms with E-state index in [1.54, 1.807) is 12.1 Å². The Kier molecular flexibility index (Phi) is 5.18. The van der Waals surface area contributed by atoms with Gasteiger partial charge in [0.05, 0.1) is 24.0 Å². The first-order valence-corrected chi connectivity index (χ1v) is 11.3. The number of nitrogens with zero attached hydrogens (tertiary/aromatic N) is 4. The molecule has 166 valence electrons. The molecule has 0 aliphatic carbocycles. The lowest BCUT2D eigenvalue weighted by Gasteiger charge is -2.19. The minimum atomic E-state index is -4.11. The molecule has 1 aliphatic rings. The van der Waals surface area contributed by atoms with Crippen molar-refractivity contribution in [2.75, 3.05) is 11.9 Å². The standard InChI is InChI=1S/C21H17N7O4S/c29-20(23-11-15(21-22-8-9-32-21)13-4-2-1-3-5-13)19-25-16-7-6-14(17-12-24-28-26-17)10-18(16)33(30,31)27-19/h1-10,12,15H,11H2,(H,23,29)(H,25,27)(H,24,26,28). The number of aromatic amines is 1. The monoisotopic (exact) mass is 463 g/mol. The average Bonchev–Trinajstić information content (AvgIpc) is 3.54. The summed E-state index contributed by atoms with van der Waals surface area (Å²) in [6, 6.07) is 14.1. The van der Waals surface area contributed by atoms with Crippen LogP contribution in [0.15, 0.2) is 80.9 Å². The predicted molar refractivity (Wildman–Crippen MR) is 118 cm³/mol. The third-order valence-electron chi connectivity index (χ3n) is 5.07. The van der Waals surface area contributed by atoms with Crippen LogP contribution >= 0.6 is 0 Å². The molecule has 3 heterocycles. The number of benzene rings is 2. The van der Waals surface area contributed by atoms with Gasteiger partial charge in [0.15, 0.2) is 0 Å². The van der Waals surface area contributed by atoms with Crippen LogP contribution in [0.4, 0.5) is 5.69 Å². The van der Waals surface area contributed by atoms with Crippen LogP contribution < -0.4 is 10.6 Å². The molecule has 1 atom stereocenters. The number of carbonyl (C=O) groups is 1. The summed E-state index contributed by atoms with van der Waals surface area (Å²) in [5.41, 5.74) is 2.17. The fraction of sp³-hybridized carbons (Fsp3) is 0.0952. The Labute approximate surface area is 188 Å². The highest BCUT2D eigenvalue weighted by Gasteiger charge is 2.29. The first-order valence-electron chi connectivity index (χ1n) is 9.86. The van der Waals surface area contributed by atoms with Gasteiger partial charge in [0, 0.05) is 12.1 Å². The van der Waals surface area contributed by atoms with Gasteiger partial charge in [0.2, 0.25) is 11.7 Å². The van der Waals surface area contributed by atoms with Gasteiger partial charge in [-0.1, -0.05) is 36.4 Å². The van der Waals surface area contributed by atoms with Crippen molar-refractivity contribution in [3.63, 3.8) is 0 Å². The maximum atomic E-state index is 12.8. The van der Waals surface area contributed by atoms with Gasteiger partial charge in [-0.05, 0) is 17.7 Å². The summed E-state index contributed by atoms with van der Waals surface area (Å²) in [5, 5.41) is 15.7. The van der Waals surface area contributed by atoms with Gasteiger partial charge < -0.3 is 15.1 Å². The number of rotatable bonds is 6. The molecular weight excluding hydrogens is 446 g/mol. The fourth-order valence-electron chi connectivity index (χ4n) is 3.48. The summed E-state index contributed by atoms with van der Waals surface area (Å²) in [5.74, 6) is -0.921. The van der Waals surface area contributed by atoms with Crippen LogP contribution in [-0.2, 0) is 14.8 Å². The van der Waals surface area contributed by atoms with Gasteiger partial charge in [-0.2, -0.15) is 23.8 Å². The van der Waals surface area contributed by atoms with E-state index < -0.39 is 15.9 Å². The maximum Gasteiger partial charge on any atom is 0.287 e. The molecule has 0 spiro atoms. The molecule has 0 radical (unpaired) electrons. The lowest BCUT2D eigenvalue weighted by atomic mass is 9.99. The molecule has 0 saturated heterocycles. The minimum Gasteiger partial charge on any atom is -0.448 e. The third-order valence-corrected chi connectivity index (χ3v) is 6.38. The van der Waals surface area contributed by atoms with Crippen LogP contribution in [-0.4, -0.2) is 47.1 Å². The molecule has 0 saturated carbocycles. The third kappa shape index (κ3) is 4.11. The van der Waals surface area contributed by atoms with Crippen LogP contribution in [0.1, 0.15) is 17.4 Å². The Morgan fingerprint density at radius 1 is 1.15 bits per heavy atom. The molecule has 0 fully saturated rings. The summed E-state index contributed by atoms with van der Waals surface area (Å²) in [4.78, 5) is 17.0. The summed E-state index contributed by atoms with van der Waals surface area (Å²) < 4.78 is 34.7. The van der Waals surface area contributed by atoms with Crippen LogP contribution in [0.3, 0.4) is 0 Å². The number of carbonyl (C=O) groups excluding carboxylic acids is 1. The molecule has 11 nitrogen and oxygen atoms in total. The number of H-pyrrole nitrogens is 1. The Hall–Kier alpha value is -4.32. The van der Waals surface area contributed by atoms with Crippen molar-refractivity contribution >= 4 is 27.5 Å². The predicted octanol–water partition coefficient (Wildman–Crippen LogP) is 1.92. The second-order valence-electron chi connectivity index (χ2n) is 7.15. The van der Waals surface area contributed by atoms with Gasteiger partial charge in [0.25, 0.3) is 15.9 Å². The number of amidine groups is 1. The summed E-state index contributed by atoms with van der Waals surface area (Å²) in [6.45, 7) is 0.127. The van der Waals surface area contributed by atoms with Gasteiger partial charge in [0.1, 0.15) is 16.9 Å². The van der Waals surface area contributed by atoms with Crippen molar-refractivity contribution in [2.24, 2.45) is 4.40 Å². The van der Waals surface area contributed by atoms with E-state index in [9.17, 15) is 13.2 Å². The van der Waals surface area contributed by atoms with Crippen LogP contribution in [0, 0.1) is 0 Å². The number of nitrogens with one attached hydrogen (secondary N) is 3. The van der Waals surface area contributed by atoms with E-state index in [0.29, 0.717) is 17.1 Å². The average molecular weight is 463 g/mol. The van der Waals surface area contributed by atoms with E-state index >= 15 is 0 Å². The number of anilines is 1. The molecule has 3 N–H and O–H groups in total. The maximum absolute atomic E-state index is 12.8. The summed E-state index contributed by atoms with van der Waals surface area (Å²) in [7, 11) is -4.11. The molecule has 2 aromatic heterocycles. The summed E-state index contributed by atoms with van der Waals surface area (Å²) in [6.07, 6.45) is 4.46. The van der Waals surface area contributed by atoms with Crippen molar-refractivity contribution in [1.82, 2.24) is 25.7 Å². The molecule has 5 rings (SSSR count). The number of aromatic nitrogens is 4. The van der Waals surface area contributed by atoms with Crippen molar-refractivity contribution in [2.45, 2.75) is 10.8 Å². The lowest BCUT2D eigenvalue weighted by Crippen LogP contribution is -2.40. The van der Waals surface area contributed by atoms with E-state index in [0.717, 1.165) is 5.56 Å². The zero-order valence-corrected chi connectivity index (χ0v) is 17.8. The SMILES string of the molecule is O=C(NCC(c1ccccc1)c1ncco1)C1=NS(=O)(=O)c2cc(-c3cn[nH]n3)ccc2N1. The molecule has 1 amide bonds. The van der Waals surface area contributed by atoms with E-state index in [2.05, 4.69) is 35.4 Å².